The molecule has 2 rings (SSSR count). The van der Waals surface area contributed by atoms with E-state index in [1.54, 1.807) is 0 Å². The van der Waals surface area contributed by atoms with Crippen LogP contribution in [0.3, 0.4) is 0 Å². The third kappa shape index (κ3) is 3.86. The van der Waals surface area contributed by atoms with E-state index in [2.05, 4.69) is 5.32 Å². The summed E-state index contributed by atoms with van der Waals surface area (Å²) in [7, 11) is 0. The summed E-state index contributed by atoms with van der Waals surface area (Å²) in [5.74, 6) is -1.04. The molecule has 3 amide bonds. The molecule has 0 aromatic carbocycles. The van der Waals surface area contributed by atoms with Crippen molar-refractivity contribution in [2.45, 2.75) is 57.9 Å². The van der Waals surface area contributed by atoms with Crippen LogP contribution in [0, 0.1) is 11.8 Å². The number of carbonyl (C=O) groups excluding carboxylic acids is 3. The van der Waals surface area contributed by atoms with E-state index >= 15 is 0 Å². The lowest BCUT2D eigenvalue weighted by Crippen LogP contribution is -2.55. The number of amides is 3. The van der Waals surface area contributed by atoms with Crippen LogP contribution in [0.4, 0.5) is 0 Å². The molecular weight excluding hydrogens is 318 g/mol. The summed E-state index contributed by atoms with van der Waals surface area (Å²) in [6.07, 6.45) is 4.95. The summed E-state index contributed by atoms with van der Waals surface area (Å²) >= 11 is 0. The first-order valence-electron chi connectivity index (χ1n) is 8.34. The Kier molecular flexibility index (Phi) is 7.02. The van der Waals surface area contributed by atoms with E-state index in [1.165, 1.54) is 0 Å². The van der Waals surface area contributed by atoms with Crippen molar-refractivity contribution in [2.24, 2.45) is 17.6 Å². The minimum atomic E-state index is -0.449. The quantitative estimate of drug-likeness (QED) is 0.708. The van der Waals surface area contributed by atoms with Gasteiger partial charge in [0.2, 0.25) is 17.7 Å². The van der Waals surface area contributed by atoms with Crippen LogP contribution < -0.4 is 11.1 Å². The monoisotopic (exact) mass is 345 g/mol. The lowest BCUT2D eigenvalue weighted by Gasteiger charge is -2.32. The Labute approximate surface area is 143 Å². The maximum absolute atomic E-state index is 12.4. The number of hydrogen-bond donors (Lipinski definition) is 2. The van der Waals surface area contributed by atoms with Gasteiger partial charge in [-0.25, -0.2) is 0 Å². The number of carbonyl (C=O) groups is 3. The molecule has 0 aromatic heterocycles. The predicted octanol–water partition coefficient (Wildman–Crippen LogP) is 1.22. The maximum Gasteiger partial charge on any atom is 0.240 e. The van der Waals surface area contributed by atoms with Crippen LogP contribution in [-0.2, 0) is 14.4 Å². The zero-order valence-electron chi connectivity index (χ0n) is 14.0. The first-order chi connectivity index (χ1) is 10.5. The first kappa shape index (κ1) is 19.9. The Hall–Kier alpha value is -1.14. The Bertz CT molecular complexity index is 433. The van der Waals surface area contributed by atoms with Crippen LogP contribution in [0.25, 0.3) is 0 Å². The minimum absolute atomic E-state index is 0. The van der Waals surface area contributed by atoms with E-state index in [-0.39, 0.29) is 48.5 Å². The summed E-state index contributed by atoms with van der Waals surface area (Å²) in [5, 5.41) is 2.92. The number of halogens is 1. The lowest BCUT2D eigenvalue weighted by atomic mass is 9.81. The molecule has 1 saturated heterocycles. The number of nitrogens with zero attached hydrogens (tertiary/aromatic N) is 1. The fourth-order valence-electron chi connectivity index (χ4n) is 3.63. The van der Waals surface area contributed by atoms with Crippen molar-refractivity contribution in [2.75, 3.05) is 13.1 Å². The van der Waals surface area contributed by atoms with Gasteiger partial charge in [0.15, 0.2) is 0 Å². The van der Waals surface area contributed by atoms with E-state index < -0.39 is 5.54 Å². The Morgan fingerprint density at radius 1 is 1.17 bits per heavy atom. The maximum atomic E-state index is 12.4. The zero-order chi connectivity index (χ0) is 16.3. The van der Waals surface area contributed by atoms with Crippen molar-refractivity contribution in [3.63, 3.8) is 0 Å². The molecular formula is C16H28ClN3O3. The molecule has 1 aliphatic heterocycles. The van der Waals surface area contributed by atoms with Gasteiger partial charge < -0.3 is 11.1 Å². The second kappa shape index (κ2) is 8.11. The van der Waals surface area contributed by atoms with E-state index in [4.69, 9.17) is 5.73 Å². The number of rotatable bonds is 6. The number of imide groups is 1. The summed E-state index contributed by atoms with van der Waals surface area (Å²) in [4.78, 5) is 38.2. The molecule has 2 fully saturated rings. The van der Waals surface area contributed by atoms with Crippen molar-refractivity contribution in [3.05, 3.63) is 0 Å². The van der Waals surface area contributed by atoms with Crippen LogP contribution >= 0.6 is 12.4 Å². The van der Waals surface area contributed by atoms with Crippen LogP contribution in [-0.4, -0.2) is 41.2 Å². The second-order valence-electron chi connectivity index (χ2n) is 6.50. The van der Waals surface area contributed by atoms with Crippen molar-refractivity contribution >= 4 is 30.1 Å². The molecule has 1 saturated carbocycles. The lowest BCUT2D eigenvalue weighted by molar-refractivity contribution is -0.144. The standard InChI is InChI=1S/C16H27N3O3.ClH/c1-3-16(4-2,10-17)18-13(20)9-19-14(21)11-7-5-6-8-12(11)15(19)22;/h11-12H,3-10,17H2,1-2H3,(H,18,20);1H. The number of hydrogen-bond acceptors (Lipinski definition) is 4. The molecule has 0 radical (unpaired) electrons. The third-order valence-corrected chi connectivity index (χ3v) is 5.38. The van der Waals surface area contributed by atoms with Gasteiger partial charge in [0.1, 0.15) is 6.54 Å². The summed E-state index contributed by atoms with van der Waals surface area (Å²) in [5.41, 5.74) is 5.32. The summed E-state index contributed by atoms with van der Waals surface area (Å²) < 4.78 is 0. The predicted molar refractivity (Wildman–Crippen MR) is 89.9 cm³/mol. The normalized spacial score (nSPS) is 24.2. The van der Waals surface area contributed by atoms with Crippen molar-refractivity contribution < 1.29 is 14.4 Å². The van der Waals surface area contributed by atoms with E-state index in [0.717, 1.165) is 43.4 Å². The molecule has 0 bridgehead atoms. The summed E-state index contributed by atoms with van der Waals surface area (Å²) in [6.45, 7) is 4.11. The van der Waals surface area contributed by atoms with Gasteiger partial charge in [-0.1, -0.05) is 26.7 Å². The van der Waals surface area contributed by atoms with Gasteiger partial charge >= 0.3 is 0 Å². The van der Waals surface area contributed by atoms with E-state index in [9.17, 15) is 14.4 Å². The van der Waals surface area contributed by atoms with Gasteiger partial charge in [-0.3, -0.25) is 19.3 Å². The second-order valence-corrected chi connectivity index (χ2v) is 6.50. The van der Waals surface area contributed by atoms with Gasteiger partial charge in [-0.15, -0.1) is 12.4 Å². The van der Waals surface area contributed by atoms with Crippen molar-refractivity contribution in [1.29, 1.82) is 0 Å². The average Bonchev–Trinajstić information content (AvgIpc) is 2.78. The summed E-state index contributed by atoms with van der Waals surface area (Å²) in [6, 6.07) is 0. The zero-order valence-corrected chi connectivity index (χ0v) is 14.8. The highest BCUT2D eigenvalue weighted by atomic mass is 35.5. The van der Waals surface area contributed by atoms with Gasteiger partial charge in [0, 0.05) is 6.54 Å². The van der Waals surface area contributed by atoms with Crippen molar-refractivity contribution in [1.82, 2.24) is 10.2 Å². The largest absolute Gasteiger partial charge is 0.348 e. The molecule has 2 unspecified atom stereocenters. The minimum Gasteiger partial charge on any atom is -0.348 e. The highest BCUT2D eigenvalue weighted by Gasteiger charge is 2.48. The molecule has 3 N–H and O–H groups in total. The molecule has 2 atom stereocenters. The molecule has 7 heteroatoms. The highest BCUT2D eigenvalue weighted by molar-refractivity contribution is 6.07. The smallest absolute Gasteiger partial charge is 0.240 e. The van der Waals surface area contributed by atoms with E-state index in [1.807, 2.05) is 13.8 Å². The van der Waals surface area contributed by atoms with Crippen molar-refractivity contribution in [3.8, 4) is 0 Å². The van der Waals surface area contributed by atoms with Gasteiger partial charge in [0.05, 0.1) is 17.4 Å². The first-order valence-corrected chi connectivity index (χ1v) is 8.34. The van der Waals surface area contributed by atoms with Crippen LogP contribution in [0.2, 0.25) is 0 Å². The molecule has 0 aromatic rings. The Morgan fingerprint density at radius 2 is 1.65 bits per heavy atom. The Balaban J connectivity index is 0.00000264. The molecule has 1 heterocycles. The number of likely N-dealkylation sites (tertiary alicyclic amines) is 1. The number of nitrogens with one attached hydrogen (secondary N) is 1. The van der Waals surface area contributed by atoms with Gasteiger partial charge in [0.25, 0.3) is 0 Å². The average molecular weight is 346 g/mol. The topological polar surface area (TPSA) is 92.5 Å². The van der Waals surface area contributed by atoms with Crippen LogP contribution in [0.5, 0.6) is 0 Å². The van der Waals surface area contributed by atoms with Gasteiger partial charge in [-0.05, 0) is 25.7 Å². The molecule has 0 spiro atoms. The fourth-order valence-corrected chi connectivity index (χ4v) is 3.63. The number of fused-ring (bicyclic) bond motifs is 1. The van der Waals surface area contributed by atoms with E-state index in [0.29, 0.717) is 6.54 Å². The molecule has 132 valence electrons. The number of nitrogens with two attached hydrogens (primary N) is 1. The fraction of sp³-hybridized carbons (Fsp3) is 0.812. The van der Waals surface area contributed by atoms with Crippen LogP contribution in [0.1, 0.15) is 52.4 Å². The SMILES string of the molecule is CCC(CC)(CN)NC(=O)CN1C(=O)C2CCCCC2C1=O.Cl. The molecule has 6 nitrogen and oxygen atoms in total. The van der Waals surface area contributed by atoms with Crippen LogP contribution in [0.15, 0.2) is 0 Å². The highest BCUT2D eigenvalue weighted by Crippen LogP contribution is 2.37. The Morgan fingerprint density at radius 3 is 2.04 bits per heavy atom. The molecule has 2 aliphatic rings. The third-order valence-electron chi connectivity index (χ3n) is 5.38. The van der Waals surface area contributed by atoms with Gasteiger partial charge in [-0.2, -0.15) is 0 Å². The molecule has 1 aliphatic carbocycles. The molecule has 23 heavy (non-hydrogen) atoms.